The summed E-state index contributed by atoms with van der Waals surface area (Å²) in [4.78, 5) is 0. The molecule has 1 aliphatic rings. The van der Waals surface area contributed by atoms with Crippen LogP contribution in [0, 0.1) is 5.92 Å². The van der Waals surface area contributed by atoms with Crippen molar-refractivity contribution < 1.29 is 9.16 Å². The minimum atomic E-state index is -1.69. The van der Waals surface area contributed by atoms with Crippen molar-refractivity contribution in [1.29, 1.82) is 0 Å². The van der Waals surface area contributed by atoms with E-state index in [0.717, 1.165) is 24.3 Å². The van der Waals surface area contributed by atoms with Gasteiger partial charge in [-0.2, -0.15) is 0 Å². The van der Waals surface area contributed by atoms with E-state index < -0.39 is 8.32 Å². The van der Waals surface area contributed by atoms with Gasteiger partial charge in [-0.1, -0.05) is 40.9 Å². The third-order valence-electron chi connectivity index (χ3n) is 4.96. The highest BCUT2D eigenvalue weighted by molar-refractivity contribution is 6.74. The summed E-state index contributed by atoms with van der Waals surface area (Å²) in [5.74, 6) is 0.734. The lowest BCUT2D eigenvalue weighted by Gasteiger charge is -2.36. The zero-order chi connectivity index (χ0) is 16.3. The van der Waals surface area contributed by atoms with Gasteiger partial charge in [0, 0.05) is 0 Å². The Labute approximate surface area is 132 Å². The van der Waals surface area contributed by atoms with Gasteiger partial charge in [0.15, 0.2) is 8.32 Å². The van der Waals surface area contributed by atoms with Crippen molar-refractivity contribution in [3.63, 3.8) is 0 Å². The molecule has 1 rings (SSSR count). The molecule has 1 aliphatic carbocycles. The Bertz CT molecular complexity index is 379. The van der Waals surface area contributed by atoms with Crippen molar-refractivity contribution in [1.82, 2.24) is 0 Å². The summed E-state index contributed by atoms with van der Waals surface area (Å²) >= 11 is 0. The normalized spacial score (nSPS) is 24.2. The van der Waals surface area contributed by atoms with Gasteiger partial charge in [0.25, 0.3) is 0 Å². The van der Waals surface area contributed by atoms with E-state index in [4.69, 9.17) is 9.16 Å². The molecule has 0 unspecified atom stereocenters. The monoisotopic (exact) mass is 310 g/mol. The summed E-state index contributed by atoms with van der Waals surface area (Å²) in [7, 11) is -1.69. The largest absolute Gasteiger partial charge is 0.413 e. The van der Waals surface area contributed by atoms with E-state index in [1.165, 1.54) is 12.0 Å². The van der Waals surface area contributed by atoms with E-state index in [9.17, 15) is 0 Å². The van der Waals surface area contributed by atoms with Crippen LogP contribution in [0.1, 0.15) is 47.0 Å². The summed E-state index contributed by atoms with van der Waals surface area (Å²) in [6.07, 6.45) is 3.64. The Balaban J connectivity index is 2.36. The van der Waals surface area contributed by atoms with Crippen LogP contribution in [0.25, 0.3) is 0 Å². The zero-order valence-corrected chi connectivity index (χ0v) is 15.9. The van der Waals surface area contributed by atoms with Crippen molar-refractivity contribution in [2.24, 2.45) is 5.92 Å². The van der Waals surface area contributed by atoms with Crippen LogP contribution in [-0.4, -0.2) is 27.6 Å². The molecule has 0 heterocycles. The maximum Gasteiger partial charge on any atom is 0.192 e. The molecule has 3 heteroatoms. The molecule has 122 valence electrons. The Hall–Kier alpha value is -0.383. The zero-order valence-electron chi connectivity index (χ0n) is 14.9. The van der Waals surface area contributed by atoms with Crippen LogP contribution in [0.2, 0.25) is 18.1 Å². The number of rotatable bonds is 6. The van der Waals surface area contributed by atoms with Gasteiger partial charge >= 0.3 is 0 Å². The molecule has 0 saturated heterocycles. The Morgan fingerprint density at radius 2 is 1.90 bits per heavy atom. The second-order valence-corrected chi connectivity index (χ2v) is 12.9. The molecular weight excluding hydrogens is 276 g/mol. The molecule has 1 fully saturated rings. The van der Waals surface area contributed by atoms with E-state index in [2.05, 4.69) is 53.9 Å². The van der Waals surface area contributed by atoms with Gasteiger partial charge in [-0.25, -0.2) is 0 Å². The number of hydrogen-bond acceptors (Lipinski definition) is 2. The predicted molar refractivity (Wildman–Crippen MR) is 94.2 cm³/mol. The van der Waals surface area contributed by atoms with Crippen molar-refractivity contribution in [3.8, 4) is 0 Å². The van der Waals surface area contributed by atoms with Crippen molar-refractivity contribution in [2.45, 2.75) is 71.2 Å². The summed E-state index contributed by atoms with van der Waals surface area (Å²) in [6, 6.07) is 0. The molecule has 0 aromatic carbocycles. The van der Waals surface area contributed by atoms with Crippen LogP contribution in [0.15, 0.2) is 24.3 Å². The molecular formula is C18H34O2Si. The highest BCUT2D eigenvalue weighted by atomic mass is 28.4. The highest BCUT2D eigenvalue weighted by Crippen LogP contribution is 2.36. The first kappa shape index (κ1) is 18.7. The standard InChI is InChI=1S/C18H34O2Si/c1-14-9-10-16(3)17(11-14)19-12-15(2)13-20-21(7,8)18(4,5)6/h14,17H,2-3,9-13H2,1,4-8H3/t14-,17+/m1/s1. The number of hydrogen-bond donors (Lipinski definition) is 0. The first-order valence-electron chi connectivity index (χ1n) is 8.13. The summed E-state index contributed by atoms with van der Waals surface area (Å²) < 4.78 is 12.2. The molecule has 2 nitrogen and oxygen atoms in total. The van der Waals surface area contributed by atoms with Gasteiger partial charge in [0.1, 0.15) is 0 Å². The lowest BCUT2D eigenvalue weighted by Crippen LogP contribution is -2.41. The van der Waals surface area contributed by atoms with E-state index in [1.54, 1.807) is 0 Å². The van der Waals surface area contributed by atoms with Gasteiger partial charge in [0.05, 0.1) is 19.3 Å². The highest BCUT2D eigenvalue weighted by Gasteiger charge is 2.37. The summed E-state index contributed by atoms with van der Waals surface area (Å²) in [5.41, 5.74) is 2.28. The SMILES string of the molecule is C=C(CO[C@H]1C[C@H](C)CCC1=C)CO[Si](C)(C)C(C)(C)C. The Kier molecular flexibility index (Phi) is 6.45. The quantitative estimate of drug-likeness (QED) is 0.488. The van der Waals surface area contributed by atoms with E-state index in [1.807, 2.05) is 0 Å². The molecule has 21 heavy (non-hydrogen) atoms. The van der Waals surface area contributed by atoms with Crippen molar-refractivity contribution in [2.75, 3.05) is 13.2 Å². The van der Waals surface area contributed by atoms with Crippen LogP contribution in [0.5, 0.6) is 0 Å². The van der Waals surface area contributed by atoms with Crippen LogP contribution in [0.4, 0.5) is 0 Å². The van der Waals surface area contributed by atoms with Crippen molar-refractivity contribution in [3.05, 3.63) is 24.3 Å². The second kappa shape index (κ2) is 7.25. The van der Waals surface area contributed by atoms with Crippen LogP contribution >= 0.6 is 0 Å². The molecule has 0 radical (unpaired) electrons. The molecule has 0 aliphatic heterocycles. The minimum Gasteiger partial charge on any atom is -0.413 e. The molecule has 0 spiro atoms. The third kappa shape index (κ3) is 5.72. The second-order valence-electron chi connectivity index (χ2n) is 8.14. The minimum absolute atomic E-state index is 0.207. The molecule has 0 N–H and O–H groups in total. The fourth-order valence-corrected chi connectivity index (χ4v) is 3.19. The lowest BCUT2D eigenvalue weighted by atomic mass is 9.85. The van der Waals surface area contributed by atoms with Crippen LogP contribution in [-0.2, 0) is 9.16 Å². The fraction of sp³-hybridized carbons (Fsp3) is 0.778. The molecule has 0 bridgehead atoms. The average molecular weight is 311 g/mol. The van der Waals surface area contributed by atoms with Crippen LogP contribution in [0.3, 0.4) is 0 Å². The molecule has 0 aromatic rings. The van der Waals surface area contributed by atoms with Gasteiger partial charge < -0.3 is 9.16 Å². The molecule has 0 amide bonds. The van der Waals surface area contributed by atoms with Gasteiger partial charge in [0.2, 0.25) is 0 Å². The first-order valence-corrected chi connectivity index (χ1v) is 11.0. The third-order valence-corrected chi connectivity index (χ3v) is 9.44. The Morgan fingerprint density at radius 3 is 2.48 bits per heavy atom. The molecule has 0 aromatic heterocycles. The van der Waals surface area contributed by atoms with Gasteiger partial charge in [-0.3, -0.25) is 0 Å². The maximum atomic E-state index is 6.18. The topological polar surface area (TPSA) is 18.5 Å². The van der Waals surface area contributed by atoms with E-state index in [0.29, 0.717) is 13.2 Å². The summed E-state index contributed by atoms with van der Waals surface area (Å²) in [5, 5.41) is 0.237. The summed E-state index contributed by atoms with van der Waals surface area (Å²) in [6.45, 7) is 23.1. The van der Waals surface area contributed by atoms with Crippen molar-refractivity contribution >= 4 is 8.32 Å². The molecule has 1 saturated carbocycles. The maximum absolute atomic E-state index is 6.18. The fourth-order valence-electron chi connectivity index (χ4n) is 2.19. The van der Waals surface area contributed by atoms with Gasteiger partial charge in [-0.15, -0.1) is 0 Å². The average Bonchev–Trinajstić information content (AvgIpc) is 2.36. The Morgan fingerprint density at radius 1 is 1.29 bits per heavy atom. The van der Waals surface area contributed by atoms with E-state index in [-0.39, 0.29) is 11.1 Å². The number of ether oxygens (including phenoxy) is 1. The van der Waals surface area contributed by atoms with E-state index >= 15 is 0 Å². The molecule has 2 atom stereocenters. The lowest BCUT2D eigenvalue weighted by molar-refractivity contribution is 0.0604. The first-order chi connectivity index (χ1) is 9.53. The van der Waals surface area contributed by atoms with Gasteiger partial charge in [-0.05, 0) is 54.5 Å². The smallest absolute Gasteiger partial charge is 0.192 e. The predicted octanol–water partition coefficient (Wildman–Crippen LogP) is 5.33. The van der Waals surface area contributed by atoms with Crippen LogP contribution < -0.4 is 0 Å².